The fraction of sp³-hybridized carbons (Fsp3) is 0.286. The molecule has 1 fully saturated rings. The number of epoxide rings is 1. The molecule has 1 unspecified atom stereocenters. The van der Waals surface area contributed by atoms with Gasteiger partial charge in [-0.2, -0.15) is 0 Å². The minimum Gasteiger partial charge on any atom is -0.368 e. The lowest BCUT2D eigenvalue weighted by Gasteiger charge is -2.01. The van der Waals surface area contributed by atoms with Crippen molar-refractivity contribution in [3.8, 4) is 0 Å². The average molecular weight is 279 g/mol. The highest BCUT2D eigenvalue weighted by Crippen LogP contribution is 2.38. The summed E-state index contributed by atoms with van der Waals surface area (Å²) < 4.78 is 7.19. The van der Waals surface area contributed by atoms with Gasteiger partial charge in [0.25, 0.3) is 0 Å². The van der Waals surface area contributed by atoms with E-state index in [1.165, 1.54) is 5.56 Å². The molecule has 11 heavy (non-hydrogen) atoms. The van der Waals surface area contributed by atoms with Gasteiger partial charge in [0.1, 0.15) is 6.10 Å². The number of halogens is 2. The number of rotatable bonds is 1. The maximum Gasteiger partial charge on any atom is 0.108 e. The topological polar surface area (TPSA) is 25.4 Å². The van der Waals surface area contributed by atoms with E-state index >= 15 is 0 Å². The molecule has 2 heterocycles. The summed E-state index contributed by atoms with van der Waals surface area (Å²) in [6.07, 6.45) is 3.82. The van der Waals surface area contributed by atoms with Crippen molar-refractivity contribution < 1.29 is 4.74 Å². The maximum absolute atomic E-state index is 5.17. The highest BCUT2D eigenvalue weighted by atomic mass is 79.9. The zero-order chi connectivity index (χ0) is 7.84. The Bertz CT molecular complexity index is 266. The summed E-state index contributed by atoms with van der Waals surface area (Å²) >= 11 is 6.83. The van der Waals surface area contributed by atoms with E-state index in [0.29, 0.717) is 0 Å². The molecule has 0 saturated carbocycles. The quantitative estimate of drug-likeness (QED) is 0.738. The molecule has 58 valence electrons. The van der Waals surface area contributed by atoms with Gasteiger partial charge < -0.3 is 4.74 Å². The summed E-state index contributed by atoms with van der Waals surface area (Å²) in [4.78, 5) is 4.01. The van der Waals surface area contributed by atoms with Crippen LogP contribution in [0.1, 0.15) is 11.7 Å². The molecule has 1 aliphatic rings. The van der Waals surface area contributed by atoms with Crippen LogP contribution in [0.4, 0.5) is 0 Å². The van der Waals surface area contributed by atoms with E-state index < -0.39 is 0 Å². The maximum atomic E-state index is 5.17. The molecule has 0 N–H and O–H groups in total. The minimum absolute atomic E-state index is 0.266. The van der Waals surface area contributed by atoms with Crippen molar-refractivity contribution in [3.63, 3.8) is 0 Å². The van der Waals surface area contributed by atoms with Crippen molar-refractivity contribution in [2.75, 3.05) is 6.61 Å². The van der Waals surface area contributed by atoms with Gasteiger partial charge in [0, 0.05) is 26.9 Å². The molecular weight excluding hydrogens is 274 g/mol. The van der Waals surface area contributed by atoms with Crippen molar-refractivity contribution in [2.24, 2.45) is 0 Å². The van der Waals surface area contributed by atoms with Gasteiger partial charge in [-0.3, -0.25) is 4.98 Å². The van der Waals surface area contributed by atoms with Crippen molar-refractivity contribution in [2.45, 2.75) is 6.10 Å². The van der Waals surface area contributed by atoms with Crippen LogP contribution in [0, 0.1) is 0 Å². The first-order valence-corrected chi connectivity index (χ1v) is 4.78. The Morgan fingerprint density at radius 2 is 1.91 bits per heavy atom. The Hall–Kier alpha value is 0.0700. The molecule has 0 bridgehead atoms. The van der Waals surface area contributed by atoms with Gasteiger partial charge in [-0.1, -0.05) is 0 Å². The highest BCUT2D eigenvalue weighted by Gasteiger charge is 2.28. The second-order valence-corrected chi connectivity index (χ2v) is 4.05. The van der Waals surface area contributed by atoms with Crippen LogP contribution in [0.2, 0.25) is 0 Å². The van der Waals surface area contributed by atoms with Gasteiger partial charge in [-0.25, -0.2) is 0 Å². The summed E-state index contributed by atoms with van der Waals surface area (Å²) in [5.41, 5.74) is 1.17. The smallest absolute Gasteiger partial charge is 0.108 e. The average Bonchev–Trinajstić information content (AvgIpc) is 2.70. The van der Waals surface area contributed by atoms with Crippen LogP contribution in [0.15, 0.2) is 21.3 Å². The Labute approximate surface area is 81.2 Å². The van der Waals surface area contributed by atoms with E-state index in [9.17, 15) is 0 Å². The molecule has 2 rings (SSSR count). The monoisotopic (exact) mass is 277 g/mol. The van der Waals surface area contributed by atoms with E-state index in [2.05, 4.69) is 36.8 Å². The standard InChI is InChI=1S/C7H5Br2NO/c8-4-1-10-2-5(9)7(4)6-3-11-6/h1-2,6H,3H2. The molecular formula is C7H5Br2NO. The zero-order valence-electron chi connectivity index (χ0n) is 5.55. The van der Waals surface area contributed by atoms with Crippen LogP contribution in [0.25, 0.3) is 0 Å². The number of hydrogen-bond acceptors (Lipinski definition) is 2. The summed E-state index contributed by atoms with van der Waals surface area (Å²) in [5.74, 6) is 0. The van der Waals surface area contributed by atoms with Crippen LogP contribution in [-0.2, 0) is 4.74 Å². The molecule has 1 aromatic heterocycles. The number of ether oxygens (including phenoxy) is 1. The fourth-order valence-electron chi connectivity index (χ4n) is 0.944. The Balaban J connectivity index is 2.48. The Kier molecular flexibility index (Phi) is 1.99. The number of hydrogen-bond donors (Lipinski definition) is 0. The predicted molar refractivity (Wildman–Crippen MR) is 48.3 cm³/mol. The van der Waals surface area contributed by atoms with Gasteiger partial charge in [-0.15, -0.1) is 0 Å². The fourth-order valence-corrected chi connectivity index (χ4v) is 2.38. The normalized spacial score (nSPS) is 21.8. The third-order valence-corrected chi connectivity index (χ3v) is 2.81. The van der Waals surface area contributed by atoms with Crippen LogP contribution in [0.5, 0.6) is 0 Å². The first-order valence-electron chi connectivity index (χ1n) is 3.19. The summed E-state index contributed by atoms with van der Waals surface area (Å²) in [7, 11) is 0. The van der Waals surface area contributed by atoms with E-state index in [0.717, 1.165) is 15.6 Å². The molecule has 0 amide bonds. The summed E-state index contributed by atoms with van der Waals surface area (Å²) in [5, 5.41) is 0. The molecule has 2 nitrogen and oxygen atoms in total. The van der Waals surface area contributed by atoms with Gasteiger partial charge in [-0.05, 0) is 31.9 Å². The Morgan fingerprint density at radius 1 is 1.36 bits per heavy atom. The molecule has 0 spiro atoms. The molecule has 1 atom stereocenters. The van der Waals surface area contributed by atoms with E-state index in [-0.39, 0.29) is 6.10 Å². The molecule has 0 aromatic carbocycles. The van der Waals surface area contributed by atoms with Gasteiger partial charge in [0.05, 0.1) is 6.61 Å². The molecule has 0 aliphatic carbocycles. The first kappa shape index (κ1) is 7.71. The van der Waals surface area contributed by atoms with Crippen LogP contribution in [0.3, 0.4) is 0 Å². The summed E-state index contributed by atoms with van der Waals surface area (Å²) in [6.45, 7) is 0.821. The first-order chi connectivity index (χ1) is 5.29. The molecule has 1 saturated heterocycles. The molecule has 0 radical (unpaired) electrons. The third kappa shape index (κ3) is 1.48. The van der Waals surface area contributed by atoms with E-state index in [4.69, 9.17) is 4.74 Å². The van der Waals surface area contributed by atoms with Gasteiger partial charge in [0.15, 0.2) is 0 Å². The lowest BCUT2D eigenvalue weighted by molar-refractivity contribution is 0.414. The lowest BCUT2D eigenvalue weighted by Crippen LogP contribution is -1.86. The van der Waals surface area contributed by atoms with Crippen LogP contribution >= 0.6 is 31.9 Å². The van der Waals surface area contributed by atoms with Gasteiger partial charge in [0.2, 0.25) is 0 Å². The van der Waals surface area contributed by atoms with Gasteiger partial charge >= 0.3 is 0 Å². The second kappa shape index (κ2) is 2.84. The highest BCUT2D eigenvalue weighted by molar-refractivity contribution is 9.11. The Morgan fingerprint density at radius 3 is 2.36 bits per heavy atom. The molecule has 1 aliphatic heterocycles. The largest absolute Gasteiger partial charge is 0.368 e. The van der Waals surface area contributed by atoms with Crippen molar-refractivity contribution in [3.05, 3.63) is 26.9 Å². The van der Waals surface area contributed by atoms with E-state index in [1.807, 2.05) is 0 Å². The number of pyridine rings is 1. The van der Waals surface area contributed by atoms with Crippen LogP contribution < -0.4 is 0 Å². The van der Waals surface area contributed by atoms with E-state index in [1.54, 1.807) is 12.4 Å². The third-order valence-electron chi connectivity index (χ3n) is 1.55. The van der Waals surface area contributed by atoms with Crippen molar-refractivity contribution in [1.82, 2.24) is 4.98 Å². The van der Waals surface area contributed by atoms with Crippen molar-refractivity contribution >= 4 is 31.9 Å². The second-order valence-electron chi connectivity index (χ2n) is 2.34. The number of nitrogens with zero attached hydrogens (tertiary/aromatic N) is 1. The number of aromatic nitrogens is 1. The zero-order valence-corrected chi connectivity index (χ0v) is 8.72. The molecule has 1 aromatic rings. The molecule has 4 heteroatoms. The van der Waals surface area contributed by atoms with Crippen molar-refractivity contribution in [1.29, 1.82) is 0 Å². The van der Waals surface area contributed by atoms with Crippen LogP contribution in [-0.4, -0.2) is 11.6 Å². The predicted octanol–water partition coefficient (Wildman–Crippen LogP) is 2.68. The SMILES string of the molecule is Brc1cncc(Br)c1C1CO1. The summed E-state index contributed by atoms with van der Waals surface area (Å²) in [6, 6.07) is 0. The lowest BCUT2D eigenvalue weighted by atomic mass is 10.2. The minimum atomic E-state index is 0.266.